The van der Waals surface area contributed by atoms with Gasteiger partial charge >= 0.3 is 0 Å². The second kappa shape index (κ2) is 8.96. The number of thiophene rings is 1. The maximum Gasteiger partial charge on any atom is 0.291 e. The Kier molecular flexibility index (Phi) is 5.94. The fourth-order valence-corrected chi connectivity index (χ4v) is 4.48. The lowest BCUT2D eigenvalue weighted by molar-refractivity contribution is 0.0849. The van der Waals surface area contributed by atoms with Gasteiger partial charge in [-0.2, -0.15) is 0 Å². The Bertz CT molecular complexity index is 1030. The Hall–Kier alpha value is -3.39. The van der Waals surface area contributed by atoms with Crippen LogP contribution in [0.2, 0.25) is 0 Å². The lowest BCUT2D eigenvalue weighted by Crippen LogP contribution is -2.41. The monoisotopic (exact) mass is 423 g/mol. The number of hydrogen-bond acceptors (Lipinski definition) is 5. The number of hydrogen-bond donors (Lipinski definition) is 3. The van der Waals surface area contributed by atoms with Crippen LogP contribution in [0.25, 0.3) is 0 Å². The Morgan fingerprint density at radius 1 is 0.867 bits per heavy atom. The van der Waals surface area contributed by atoms with E-state index in [1.165, 1.54) is 34.5 Å². The molecule has 1 aromatic carbocycles. The zero-order chi connectivity index (χ0) is 20.9. The van der Waals surface area contributed by atoms with Crippen LogP contribution in [-0.4, -0.2) is 17.7 Å². The first-order chi connectivity index (χ1) is 14.6. The number of benzene rings is 1. The van der Waals surface area contributed by atoms with Gasteiger partial charge in [0, 0.05) is 16.1 Å². The predicted octanol–water partition coefficient (Wildman–Crippen LogP) is 3.94. The average molecular weight is 423 g/mol. The van der Waals surface area contributed by atoms with Crippen molar-refractivity contribution in [2.75, 3.05) is 5.32 Å². The van der Waals surface area contributed by atoms with Crippen molar-refractivity contribution in [3.05, 3.63) is 75.4 Å². The molecular weight excluding hydrogens is 402 g/mol. The van der Waals surface area contributed by atoms with E-state index in [1.807, 2.05) is 6.07 Å². The topological polar surface area (TPSA) is 100 Å². The molecule has 1 aliphatic carbocycles. The van der Waals surface area contributed by atoms with Gasteiger partial charge in [0.2, 0.25) is 0 Å². The molecule has 0 bridgehead atoms. The second-order valence-corrected chi connectivity index (χ2v) is 8.17. The zero-order valence-corrected chi connectivity index (χ0v) is 17.0. The molecule has 0 radical (unpaired) electrons. The number of carbonyl (C=O) groups is 3. The Morgan fingerprint density at radius 3 is 2.40 bits per heavy atom. The third kappa shape index (κ3) is 4.60. The van der Waals surface area contributed by atoms with Gasteiger partial charge in [-0.3, -0.25) is 25.2 Å². The van der Waals surface area contributed by atoms with Crippen molar-refractivity contribution >= 4 is 34.7 Å². The van der Waals surface area contributed by atoms with Crippen LogP contribution in [-0.2, 0) is 12.8 Å². The van der Waals surface area contributed by atoms with Crippen molar-refractivity contribution in [3.8, 4) is 0 Å². The molecule has 3 N–H and O–H groups in total. The van der Waals surface area contributed by atoms with Gasteiger partial charge in [0.05, 0.1) is 11.1 Å². The fraction of sp³-hybridized carbons (Fsp3) is 0.227. The summed E-state index contributed by atoms with van der Waals surface area (Å²) in [5, 5.41) is 2.68. The number of anilines is 1. The summed E-state index contributed by atoms with van der Waals surface area (Å²) >= 11 is 1.50. The van der Waals surface area contributed by atoms with E-state index in [4.69, 9.17) is 4.42 Å². The van der Waals surface area contributed by atoms with Crippen molar-refractivity contribution in [1.82, 2.24) is 10.9 Å². The van der Waals surface area contributed by atoms with Gasteiger partial charge in [-0.15, -0.1) is 11.3 Å². The molecule has 0 atom stereocenters. The molecule has 30 heavy (non-hydrogen) atoms. The minimum absolute atomic E-state index is 0.199. The molecule has 1 aliphatic rings. The second-order valence-electron chi connectivity index (χ2n) is 7.04. The van der Waals surface area contributed by atoms with E-state index in [1.54, 1.807) is 36.4 Å². The smallest absolute Gasteiger partial charge is 0.291 e. The minimum Gasteiger partial charge on any atom is -0.459 e. The highest BCUT2D eigenvalue weighted by Gasteiger charge is 2.17. The van der Waals surface area contributed by atoms with Gasteiger partial charge < -0.3 is 9.73 Å². The third-order valence-corrected chi connectivity index (χ3v) is 6.15. The van der Waals surface area contributed by atoms with Crippen LogP contribution in [0.5, 0.6) is 0 Å². The van der Waals surface area contributed by atoms with E-state index >= 15 is 0 Å². The molecule has 7 nitrogen and oxygen atoms in total. The predicted molar refractivity (Wildman–Crippen MR) is 114 cm³/mol. The summed E-state index contributed by atoms with van der Waals surface area (Å²) in [4.78, 5) is 38.6. The Labute approximate surface area is 177 Å². The van der Waals surface area contributed by atoms with Crippen LogP contribution in [0, 0.1) is 0 Å². The van der Waals surface area contributed by atoms with Crippen molar-refractivity contribution in [2.45, 2.75) is 32.1 Å². The molecule has 0 unspecified atom stereocenters. The molecule has 8 heteroatoms. The molecule has 2 aromatic heterocycles. The summed E-state index contributed by atoms with van der Waals surface area (Å²) in [6.07, 6.45) is 6.98. The lowest BCUT2D eigenvalue weighted by atomic mass is 10.1. The zero-order valence-electron chi connectivity index (χ0n) is 16.2. The first-order valence-corrected chi connectivity index (χ1v) is 10.6. The number of fused-ring (bicyclic) bond motifs is 1. The van der Waals surface area contributed by atoms with Gasteiger partial charge in [0.1, 0.15) is 0 Å². The first kappa shape index (κ1) is 19.9. The van der Waals surface area contributed by atoms with Gasteiger partial charge in [-0.25, -0.2) is 0 Å². The summed E-state index contributed by atoms with van der Waals surface area (Å²) in [7, 11) is 0. The summed E-state index contributed by atoms with van der Waals surface area (Å²) in [5.41, 5.74) is 7.05. The Morgan fingerprint density at radius 2 is 1.63 bits per heavy atom. The number of carbonyl (C=O) groups excluding carboxylic acids is 3. The highest BCUT2D eigenvalue weighted by atomic mass is 32.1. The number of rotatable bonds is 4. The maximum absolute atomic E-state index is 12.4. The molecule has 0 fully saturated rings. The van der Waals surface area contributed by atoms with Gasteiger partial charge in [-0.1, -0.05) is 6.42 Å². The summed E-state index contributed by atoms with van der Waals surface area (Å²) in [6.45, 7) is 0. The van der Waals surface area contributed by atoms with E-state index in [-0.39, 0.29) is 17.6 Å². The van der Waals surface area contributed by atoms with Gasteiger partial charge in [0.25, 0.3) is 17.7 Å². The van der Waals surface area contributed by atoms with Crippen molar-refractivity contribution in [2.24, 2.45) is 0 Å². The van der Waals surface area contributed by atoms with E-state index in [9.17, 15) is 14.4 Å². The quantitative estimate of drug-likeness (QED) is 0.437. The molecule has 4 rings (SSSR count). The number of furan rings is 1. The molecule has 154 valence electrons. The molecule has 0 spiro atoms. The van der Waals surface area contributed by atoms with E-state index in [0.717, 1.165) is 25.7 Å². The molecule has 0 aliphatic heterocycles. The van der Waals surface area contributed by atoms with E-state index in [2.05, 4.69) is 16.2 Å². The van der Waals surface area contributed by atoms with Crippen molar-refractivity contribution < 1.29 is 18.8 Å². The SMILES string of the molecule is O=C(NNC(=O)c1cc2c(s1)CCCCC2)c1ccc(NC(=O)c2ccco2)cc1. The average Bonchev–Trinajstić information content (AvgIpc) is 3.39. The molecule has 2 heterocycles. The normalized spacial score (nSPS) is 13.1. The van der Waals surface area contributed by atoms with Crippen LogP contribution < -0.4 is 16.2 Å². The summed E-state index contributed by atoms with van der Waals surface area (Å²) in [6, 6.07) is 11.5. The van der Waals surface area contributed by atoms with Crippen LogP contribution in [0.1, 0.15) is 60.3 Å². The molecule has 3 amide bonds. The van der Waals surface area contributed by atoms with E-state index in [0.29, 0.717) is 16.1 Å². The lowest BCUT2D eigenvalue weighted by Gasteiger charge is -2.08. The highest BCUT2D eigenvalue weighted by molar-refractivity contribution is 7.14. The maximum atomic E-state index is 12.4. The molecule has 3 aromatic rings. The summed E-state index contributed by atoms with van der Waals surface area (Å²) < 4.78 is 5.04. The van der Waals surface area contributed by atoms with Crippen LogP contribution >= 0.6 is 11.3 Å². The van der Waals surface area contributed by atoms with Gasteiger partial charge in [0.15, 0.2) is 5.76 Å². The Balaban J connectivity index is 1.31. The number of amides is 3. The van der Waals surface area contributed by atoms with Crippen LogP contribution in [0.3, 0.4) is 0 Å². The highest BCUT2D eigenvalue weighted by Crippen LogP contribution is 2.28. The van der Waals surface area contributed by atoms with Crippen LogP contribution in [0.4, 0.5) is 5.69 Å². The standard InChI is InChI=1S/C22H21N3O4S/c26-20(14-8-10-16(11-9-14)23-21(27)17-6-4-12-29-17)24-25-22(28)19-13-15-5-2-1-3-7-18(15)30-19/h4,6,8-13H,1-3,5,7H2,(H,23,27)(H,24,26)(H,25,28). The minimum atomic E-state index is -0.439. The van der Waals surface area contributed by atoms with Crippen molar-refractivity contribution in [3.63, 3.8) is 0 Å². The van der Waals surface area contributed by atoms with Crippen LogP contribution in [0.15, 0.2) is 53.1 Å². The van der Waals surface area contributed by atoms with E-state index < -0.39 is 5.91 Å². The number of aryl methyl sites for hydroxylation is 2. The van der Waals surface area contributed by atoms with Gasteiger partial charge in [-0.05, 0) is 73.7 Å². The molecule has 0 saturated carbocycles. The number of hydrazine groups is 1. The summed E-state index contributed by atoms with van der Waals surface area (Å²) in [5.74, 6) is -0.932. The first-order valence-electron chi connectivity index (χ1n) is 9.77. The fourth-order valence-electron chi connectivity index (χ4n) is 3.33. The number of nitrogens with one attached hydrogen (secondary N) is 3. The molecule has 0 saturated heterocycles. The van der Waals surface area contributed by atoms with Crippen molar-refractivity contribution in [1.29, 1.82) is 0 Å². The third-order valence-electron chi connectivity index (χ3n) is 4.91. The largest absolute Gasteiger partial charge is 0.459 e. The molecular formula is C22H21N3O4S.